The molecular formula is C60H53ClF10N10O8S2. The van der Waals surface area contributed by atoms with Gasteiger partial charge in [-0.25, -0.2) is 75.9 Å². The average molecular weight is 1330 g/mol. The predicted molar refractivity (Wildman–Crippen MR) is 303 cm³/mol. The van der Waals surface area contributed by atoms with Crippen molar-refractivity contribution >= 4 is 64.8 Å². The molecule has 3 N–H and O–H groups in total. The highest BCUT2D eigenvalue weighted by molar-refractivity contribution is 7.89. The summed E-state index contributed by atoms with van der Waals surface area (Å²) in [4.78, 5) is 58.6. The van der Waals surface area contributed by atoms with Crippen LogP contribution >= 0.6 is 0 Å². The Morgan fingerprint density at radius 3 is 1.30 bits per heavy atom. The predicted octanol–water partition coefficient (Wildman–Crippen LogP) is 6.54. The third-order valence-electron chi connectivity index (χ3n) is 17.0. The molecule has 2 saturated carbocycles. The maximum absolute atomic E-state index is 14.5. The summed E-state index contributed by atoms with van der Waals surface area (Å²) in [5, 5.41) is 13.5. The van der Waals surface area contributed by atoms with Crippen molar-refractivity contribution in [3.63, 3.8) is 0 Å². The van der Waals surface area contributed by atoms with Crippen LogP contribution in [0.4, 0.5) is 55.3 Å². The number of aromatic amines is 3. The summed E-state index contributed by atoms with van der Waals surface area (Å²) in [6.45, 7) is -1.06. The molecule has 12 rings (SSSR count). The second-order valence-corrected chi connectivity index (χ2v) is 26.0. The summed E-state index contributed by atoms with van der Waals surface area (Å²) in [5.41, 5.74) is 2.74. The molecule has 480 valence electrons. The normalized spacial score (nSPS) is 17.6. The minimum Gasteiger partial charge on any atom is -1.00 e. The fourth-order valence-corrected chi connectivity index (χ4v) is 15.4. The Labute approximate surface area is 517 Å². The van der Waals surface area contributed by atoms with Crippen LogP contribution in [0.25, 0.3) is 21.5 Å². The number of carbonyl (C=O) groups excluding carboxylic acids is 2. The second-order valence-electron chi connectivity index (χ2n) is 22.3. The van der Waals surface area contributed by atoms with Crippen LogP contribution < -0.4 is 38.3 Å². The molecule has 91 heavy (non-hydrogen) atoms. The second kappa shape index (κ2) is 26.6. The van der Waals surface area contributed by atoms with E-state index in [4.69, 9.17) is 0 Å². The molecule has 0 bridgehead atoms. The first-order valence-electron chi connectivity index (χ1n) is 28.6. The molecule has 2 amide bonds. The molecule has 2 atom stereocenters. The Morgan fingerprint density at radius 2 is 0.912 bits per heavy atom. The number of pyridine rings is 2. The van der Waals surface area contributed by atoms with Gasteiger partial charge >= 0.3 is 0 Å². The molecule has 0 unspecified atom stereocenters. The lowest BCUT2D eigenvalue weighted by atomic mass is 9.85. The number of benzene rings is 4. The van der Waals surface area contributed by atoms with Crippen LogP contribution in [0.3, 0.4) is 0 Å². The summed E-state index contributed by atoms with van der Waals surface area (Å²) < 4.78 is 195. The van der Waals surface area contributed by atoms with E-state index in [1.165, 1.54) is 71.4 Å². The molecule has 6 heterocycles. The largest absolute Gasteiger partial charge is 1.00 e. The fraction of sp³-hybridized carbons (Fsp3) is 0.333. The summed E-state index contributed by atoms with van der Waals surface area (Å²) in [5.74, 6) is -25.6. The van der Waals surface area contributed by atoms with E-state index in [0.717, 1.165) is 62.5 Å². The van der Waals surface area contributed by atoms with Gasteiger partial charge < -0.3 is 22.2 Å². The van der Waals surface area contributed by atoms with Gasteiger partial charge in [0.25, 0.3) is 11.1 Å². The molecule has 2 aliphatic heterocycles. The molecule has 4 aromatic heterocycles. The molecule has 0 radical (unpaired) electrons. The number of hydrogen-bond donors (Lipinski definition) is 2. The van der Waals surface area contributed by atoms with E-state index in [2.05, 4.69) is 30.4 Å². The van der Waals surface area contributed by atoms with Gasteiger partial charge in [-0.05, 0) is 104 Å². The zero-order valence-corrected chi connectivity index (χ0v) is 50.0. The Bertz CT molecular complexity index is 4170. The lowest BCUT2D eigenvalue weighted by Gasteiger charge is -2.41. The van der Waals surface area contributed by atoms with Crippen molar-refractivity contribution in [3.05, 3.63) is 187 Å². The van der Waals surface area contributed by atoms with Crippen LogP contribution in [0, 0.1) is 58.2 Å². The number of carbonyl (C=O) groups is 2. The lowest BCUT2D eigenvalue weighted by Crippen LogP contribution is -3.00. The van der Waals surface area contributed by atoms with Gasteiger partial charge in [0.15, 0.2) is 68.2 Å². The van der Waals surface area contributed by atoms with Gasteiger partial charge in [0, 0.05) is 53.1 Å². The highest BCUT2D eigenvalue weighted by atomic mass is 35.5. The molecule has 2 aliphatic carbocycles. The molecule has 4 aliphatic rings. The molecule has 2 saturated heterocycles. The van der Waals surface area contributed by atoms with Gasteiger partial charge in [0.1, 0.15) is 18.6 Å². The summed E-state index contributed by atoms with van der Waals surface area (Å²) in [6, 6.07) is 13.3. The number of anilines is 2. The van der Waals surface area contributed by atoms with Crippen LogP contribution in [0.1, 0.15) is 111 Å². The molecule has 0 spiro atoms. The SMILES string of the molecule is O=C([C@H]1CCN1S(=O)(=O)c1c(F)c(F)c(F)c(F)c1F)N(Cc1ccc(C2CCCCC2)c[nH+]1)c1ccc2c(=O)[nH]ncc2c1.O=C([C@H]1CCN1S(=O)(=O)c1c(F)c(F)c(F)c(F)c1F)N(Cc1ccc(C2CCCCC2)cn1)c1ccc2c(=O)[nH]ncc2c1.[Cl-]. The highest BCUT2D eigenvalue weighted by Crippen LogP contribution is 2.39. The molecule has 4 aromatic carbocycles. The number of nitrogens with zero attached hydrogens (tertiary/aromatic N) is 7. The zero-order valence-electron chi connectivity index (χ0n) is 47.6. The molecule has 18 nitrogen and oxygen atoms in total. The van der Waals surface area contributed by atoms with Crippen molar-refractivity contribution in [2.75, 3.05) is 22.9 Å². The zero-order chi connectivity index (χ0) is 64.1. The van der Waals surface area contributed by atoms with Crippen molar-refractivity contribution < 1.29 is 87.7 Å². The Balaban J connectivity index is 0.000000198. The van der Waals surface area contributed by atoms with Crippen molar-refractivity contribution in [1.82, 2.24) is 34.0 Å². The van der Waals surface area contributed by atoms with Gasteiger partial charge in [-0.2, -0.15) is 18.8 Å². The quantitative estimate of drug-likeness (QED) is 0.0674. The summed E-state index contributed by atoms with van der Waals surface area (Å²) >= 11 is 0. The summed E-state index contributed by atoms with van der Waals surface area (Å²) in [6.07, 6.45) is 17.3. The van der Waals surface area contributed by atoms with Crippen molar-refractivity contribution in [2.24, 2.45) is 0 Å². The number of aromatic nitrogens is 6. The van der Waals surface area contributed by atoms with Crippen LogP contribution in [-0.4, -0.2) is 87.8 Å². The topological polar surface area (TPSA) is 234 Å². The van der Waals surface area contributed by atoms with E-state index in [1.807, 2.05) is 24.4 Å². The number of halogens is 11. The van der Waals surface area contributed by atoms with E-state index < -0.39 is 136 Å². The minimum absolute atomic E-state index is 0. The molecule has 4 fully saturated rings. The third-order valence-corrected chi connectivity index (χ3v) is 20.8. The van der Waals surface area contributed by atoms with E-state index >= 15 is 0 Å². The maximum Gasteiger partial charge on any atom is 0.272 e. The van der Waals surface area contributed by atoms with Gasteiger partial charge in [-0.3, -0.25) is 24.2 Å². The number of nitrogens with one attached hydrogen (secondary N) is 3. The number of fused-ring (bicyclic) bond motifs is 2. The monoisotopic (exact) mass is 1330 g/mol. The van der Waals surface area contributed by atoms with Gasteiger partial charge in [-0.1, -0.05) is 44.6 Å². The lowest BCUT2D eigenvalue weighted by molar-refractivity contribution is -0.391. The highest BCUT2D eigenvalue weighted by Gasteiger charge is 2.50. The van der Waals surface area contributed by atoms with Gasteiger partial charge in [0.2, 0.25) is 43.5 Å². The van der Waals surface area contributed by atoms with E-state index in [1.54, 1.807) is 12.3 Å². The van der Waals surface area contributed by atoms with Crippen LogP contribution in [0.2, 0.25) is 0 Å². The van der Waals surface area contributed by atoms with Crippen molar-refractivity contribution in [3.8, 4) is 0 Å². The number of rotatable bonds is 14. The summed E-state index contributed by atoms with van der Waals surface area (Å²) in [7, 11) is -10.7. The fourth-order valence-electron chi connectivity index (χ4n) is 11.9. The number of amides is 2. The smallest absolute Gasteiger partial charge is 0.272 e. The van der Waals surface area contributed by atoms with E-state index in [-0.39, 0.29) is 60.5 Å². The van der Waals surface area contributed by atoms with Crippen LogP contribution in [0.5, 0.6) is 0 Å². The van der Waals surface area contributed by atoms with E-state index in [0.29, 0.717) is 42.6 Å². The van der Waals surface area contributed by atoms with Gasteiger partial charge in [0.05, 0.1) is 35.4 Å². The average Bonchev–Trinajstić information content (AvgIpc) is 0.790. The van der Waals surface area contributed by atoms with Crippen LogP contribution in [-0.2, 0) is 42.7 Å². The van der Waals surface area contributed by atoms with Crippen molar-refractivity contribution in [2.45, 2.75) is 124 Å². The first kappa shape index (κ1) is 65.8. The standard InChI is InChI=1S/2C30H26F5N5O4S.ClH/c2*31-23-24(32)26(34)28(27(35)25(23)33)45(43,44)40-11-10-22(40)30(42)39(20-8-9-21-18(12-20)14-37-38-29(21)41)15-19-7-6-17(13-36-19)16-4-2-1-3-5-16;/h2*6-9,12-14,16,22H,1-5,10-11,15H2,(H,38,41);1H/t2*22-;/m11./s1. The number of hydrogen-bond acceptors (Lipinski definition) is 11. The molecule has 8 aromatic rings. The Morgan fingerprint density at radius 1 is 0.505 bits per heavy atom. The van der Waals surface area contributed by atoms with E-state index in [9.17, 15) is 79.9 Å². The number of H-pyrrole nitrogens is 3. The van der Waals surface area contributed by atoms with Gasteiger partial charge in [-0.15, -0.1) is 0 Å². The first-order valence-corrected chi connectivity index (χ1v) is 31.4. The maximum atomic E-state index is 14.5. The molecular weight excluding hydrogens is 1280 g/mol. The van der Waals surface area contributed by atoms with Crippen LogP contribution in [0.15, 0.2) is 105 Å². The van der Waals surface area contributed by atoms with Crippen molar-refractivity contribution in [1.29, 1.82) is 0 Å². The molecule has 31 heteroatoms. The minimum atomic E-state index is -5.35. The third kappa shape index (κ3) is 12.5. The Hall–Kier alpha value is -8.19. The number of sulfonamides is 2. The first-order chi connectivity index (χ1) is 43.0. The Kier molecular flexibility index (Phi) is 19.2.